The molecule has 21 heavy (non-hydrogen) atoms. The van der Waals surface area contributed by atoms with Crippen molar-refractivity contribution in [1.29, 1.82) is 0 Å². The highest BCUT2D eigenvalue weighted by Gasteiger charge is 2.08. The number of benzene rings is 2. The first-order valence-corrected chi connectivity index (χ1v) is 7.05. The Morgan fingerprint density at radius 1 is 0.952 bits per heavy atom. The molecule has 1 unspecified atom stereocenters. The summed E-state index contributed by atoms with van der Waals surface area (Å²) in [6.45, 7) is 0. The van der Waals surface area contributed by atoms with Crippen molar-refractivity contribution in [2.75, 3.05) is 0 Å². The van der Waals surface area contributed by atoms with Gasteiger partial charge in [0.15, 0.2) is 0 Å². The lowest BCUT2D eigenvalue weighted by Crippen LogP contribution is -2.25. The molecule has 0 radical (unpaired) electrons. The van der Waals surface area contributed by atoms with E-state index in [1.807, 2.05) is 30.5 Å². The number of hydrogen-bond acceptors (Lipinski definition) is 2. The SMILES string of the molecule is NC(Cc1ccc(F)cc1)Cc1ccnc2ccccc12. The molecule has 2 aromatic carbocycles. The third kappa shape index (κ3) is 3.26. The predicted octanol–water partition coefficient (Wildman–Crippen LogP) is 3.49. The number of nitrogens with two attached hydrogens (primary N) is 1. The maximum Gasteiger partial charge on any atom is 0.123 e. The van der Waals surface area contributed by atoms with Crippen molar-refractivity contribution < 1.29 is 4.39 Å². The first-order valence-electron chi connectivity index (χ1n) is 7.05. The van der Waals surface area contributed by atoms with Crippen LogP contribution in [0.4, 0.5) is 4.39 Å². The van der Waals surface area contributed by atoms with Crippen LogP contribution in [0.5, 0.6) is 0 Å². The third-order valence-corrected chi connectivity index (χ3v) is 3.63. The zero-order valence-electron chi connectivity index (χ0n) is 11.7. The van der Waals surface area contributed by atoms with E-state index in [1.165, 1.54) is 17.7 Å². The predicted molar refractivity (Wildman–Crippen MR) is 83.5 cm³/mol. The van der Waals surface area contributed by atoms with Gasteiger partial charge in [0.1, 0.15) is 5.82 Å². The van der Waals surface area contributed by atoms with Crippen molar-refractivity contribution in [2.24, 2.45) is 5.73 Å². The van der Waals surface area contributed by atoms with E-state index in [-0.39, 0.29) is 11.9 Å². The summed E-state index contributed by atoms with van der Waals surface area (Å²) >= 11 is 0. The molecule has 1 aromatic heterocycles. The fourth-order valence-corrected chi connectivity index (χ4v) is 2.61. The minimum Gasteiger partial charge on any atom is -0.327 e. The quantitative estimate of drug-likeness (QED) is 0.794. The normalized spacial score (nSPS) is 12.5. The number of pyridine rings is 1. The number of hydrogen-bond donors (Lipinski definition) is 1. The Morgan fingerprint density at radius 3 is 2.52 bits per heavy atom. The number of rotatable bonds is 4. The number of fused-ring (bicyclic) bond motifs is 1. The van der Waals surface area contributed by atoms with E-state index in [9.17, 15) is 4.39 Å². The lowest BCUT2D eigenvalue weighted by molar-refractivity contribution is 0.623. The Morgan fingerprint density at radius 2 is 1.71 bits per heavy atom. The Balaban J connectivity index is 1.77. The summed E-state index contributed by atoms with van der Waals surface area (Å²) in [6.07, 6.45) is 3.33. The van der Waals surface area contributed by atoms with Crippen molar-refractivity contribution >= 4 is 10.9 Å². The molecular formula is C18H17FN2. The second kappa shape index (κ2) is 6.02. The molecule has 3 heteroatoms. The maximum atomic E-state index is 12.9. The fourth-order valence-electron chi connectivity index (χ4n) is 2.61. The number of nitrogens with zero attached hydrogens (tertiary/aromatic N) is 1. The molecule has 2 nitrogen and oxygen atoms in total. The average Bonchev–Trinajstić information content (AvgIpc) is 2.50. The van der Waals surface area contributed by atoms with Gasteiger partial charge in [0.25, 0.3) is 0 Å². The highest BCUT2D eigenvalue weighted by molar-refractivity contribution is 5.81. The molecule has 0 saturated carbocycles. The van der Waals surface area contributed by atoms with Crippen molar-refractivity contribution in [2.45, 2.75) is 18.9 Å². The van der Waals surface area contributed by atoms with Gasteiger partial charge in [0.05, 0.1) is 5.52 Å². The van der Waals surface area contributed by atoms with Gasteiger partial charge in [-0.25, -0.2) is 4.39 Å². The second-order valence-electron chi connectivity index (χ2n) is 5.28. The van der Waals surface area contributed by atoms with Gasteiger partial charge in [-0.2, -0.15) is 0 Å². The van der Waals surface area contributed by atoms with E-state index < -0.39 is 0 Å². The summed E-state index contributed by atoms with van der Waals surface area (Å²) in [5, 5.41) is 1.15. The van der Waals surface area contributed by atoms with E-state index in [0.717, 1.165) is 29.3 Å². The molecule has 0 fully saturated rings. The molecule has 1 atom stereocenters. The first-order chi connectivity index (χ1) is 10.2. The standard InChI is InChI=1S/C18H17FN2/c19-15-7-5-13(6-8-15)11-16(20)12-14-9-10-21-18-4-2-1-3-17(14)18/h1-10,16H,11-12,20H2. The van der Waals surface area contributed by atoms with Crippen LogP contribution in [-0.2, 0) is 12.8 Å². The van der Waals surface area contributed by atoms with E-state index >= 15 is 0 Å². The van der Waals surface area contributed by atoms with Crippen molar-refractivity contribution in [3.63, 3.8) is 0 Å². The highest BCUT2D eigenvalue weighted by Crippen LogP contribution is 2.18. The van der Waals surface area contributed by atoms with Crippen molar-refractivity contribution in [3.8, 4) is 0 Å². The van der Waals surface area contributed by atoms with Crippen LogP contribution >= 0.6 is 0 Å². The molecule has 0 aliphatic rings. The van der Waals surface area contributed by atoms with Gasteiger partial charge < -0.3 is 5.73 Å². The monoisotopic (exact) mass is 280 g/mol. The average molecular weight is 280 g/mol. The Bertz CT molecular complexity index is 732. The summed E-state index contributed by atoms with van der Waals surface area (Å²) in [7, 11) is 0. The molecule has 106 valence electrons. The van der Waals surface area contributed by atoms with Crippen LogP contribution in [0.1, 0.15) is 11.1 Å². The van der Waals surface area contributed by atoms with Crippen LogP contribution in [0, 0.1) is 5.82 Å². The lowest BCUT2D eigenvalue weighted by atomic mass is 9.97. The number of para-hydroxylation sites is 1. The Kier molecular flexibility index (Phi) is 3.93. The highest BCUT2D eigenvalue weighted by atomic mass is 19.1. The van der Waals surface area contributed by atoms with Gasteiger partial charge in [-0.05, 0) is 48.2 Å². The summed E-state index contributed by atoms with van der Waals surface area (Å²) in [5.41, 5.74) is 9.50. The van der Waals surface area contributed by atoms with Crippen LogP contribution in [0.3, 0.4) is 0 Å². The molecule has 0 saturated heterocycles. The van der Waals surface area contributed by atoms with Crippen LogP contribution in [0.25, 0.3) is 10.9 Å². The number of halogens is 1. The fraction of sp³-hybridized carbons (Fsp3) is 0.167. The van der Waals surface area contributed by atoms with Crippen LogP contribution in [0.15, 0.2) is 60.8 Å². The minimum absolute atomic E-state index is 0.00117. The van der Waals surface area contributed by atoms with E-state index in [0.29, 0.717) is 0 Å². The lowest BCUT2D eigenvalue weighted by Gasteiger charge is -2.13. The molecule has 3 aromatic rings. The third-order valence-electron chi connectivity index (χ3n) is 3.63. The maximum absolute atomic E-state index is 12.9. The van der Waals surface area contributed by atoms with E-state index in [4.69, 9.17) is 5.73 Å². The van der Waals surface area contributed by atoms with Gasteiger partial charge in [0.2, 0.25) is 0 Å². The molecular weight excluding hydrogens is 263 g/mol. The topological polar surface area (TPSA) is 38.9 Å². The van der Waals surface area contributed by atoms with Crippen LogP contribution < -0.4 is 5.73 Å². The molecule has 0 spiro atoms. The van der Waals surface area contributed by atoms with Gasteiger partial charge >= 0.3 is 0 Å². The van der Waals surface area contributed by atoms with Crippen molar-refractivity contribution in [3.05, 3.63) is 77.7 Å². The molecule has 0 amide bonds. The van der Waals surface area contributed by atoms with Crippen molar-refractivity contribution in [1.82, 2.24) is 4.98 Å². The van der Waals surface area contributed by atoms with Gasteiger partial charge in [0, 0.05) is 17.6 Å². The summed E-state index contributed by atoms with van der Waals surface area (Å²) in [4.78, 5) is 4.36. The summed E-state index contributed by atoms with van der Waals surface area (Å²) in [6, 6.07) is 16.6. The van der Waals surface area contributed by atoms with E-state index in [1.54, 1.807) is 12.1 Å². The van der Waals surface area contributed by atoms with Crippen LogP contribution in [-0.4, -0.2) is 11.0 Å². The molecule has 1 heterocycles. The van der Waals surface area contributed by atoms with Gasteiger partial charge in [-0.3, -0.25) is 4.98 Å². The van der Waals surface area contributed by atoms with E-state index in [2.05, 4.69) is 11.1 Å². The zero-order valence-corrected chi connectivity index (χ0v) is 11.7. The van der Waals surface area contributed by atoms with Crippen LogP contribution in [0.2, 0.25) is 0 Å². The summed E-state index contributed by atoms with van der Waals surface area (Å²) < 4.78 is 12.9. The Hall–Kier alpha value is -2.26. The number of aromatic nitrogens is 1. The Labute approximate surface area is 123 Å². The minimum atomic E-state index is -0.215. The first kappa shape index (κ1) is 13.7. The molecule has 0 bridgehead atoms. The molecule has 2 N–H and O–H groups in total. The van der Waals surface area contributed by atoms with Gasteiger partial charge in [-0.1, -0.05) is 30.3 Å². The zero-order chi connectivity index (χ0) is 14.7. The summed E-state index contributed by atoms with van der Waals surface area (Å²) in [5.74, 6) is -0.215. The smallest absolute Gasteiger partial charge is 0.123 e. The van der Waals surface area contributed by atoms with Gasteiger partial charge in [-0.15, -0.1) is 0 Å². The largest absolute Gasteiger partial charge is 0.327 e. The molecule has 0 aliphatic heterocycles. The molecule has 0 aliphatic carbocycles. The molecule has 3 rings (SSSR count). The second-order valence-corrected chi connectivity index (χ2v) is 5.28.